The zero-order chi connectivity index (χ0) is 24.2. The number of urea groups is 1. The average molecular weight is 483 g/mol. The summed E-state index contributed by atoms with van der Waals surface area (Å²) < 4.78 is 10.6. The van der Waals surface area contributed by atoms with Gasteiger partial charge in [-0.15, -0.1) is 0 Å². The number of carbonyl (C=O) groups excluding carboxylic acids is 3. The highest BCUT2D eigenvalue weighted by atomic mass is 32.2. The first-order valence-electron chi connectivity index (χ1n) is 10.9. The summed E-state index contributed by atoms with van der Waals surface area (Å²) >= 11 is 1.18. The molecule has 1 aliphatic carbocycles. The van der Waals surface area contributed by atoms with Crippen molar-refractivity contribution in [1.29, 1.82) is 0 Å². The minimum absolute atomic E-state index is 0.00146. The van der Waals surface area contributed by atoms with Gasteiger partial charge in [0, 0.05) is 17.4 Å². The fourth-order valence-electron chi connectivity index (χ4n) is 3.86. The molecule has 178 valence electrons. The molecular weight excluding hydrogens is 456 g/mol. The van der Waals surface area contributed by atoms with Crippen LogP contribution in [0, 0.1) is 13.8 Å². The van der Waals surface area contributed by atoms with Gasteiger partial charge in [0.2, 0.25) is 0 Å². The number of hydrogen-bond donors (Lipinski definition) is 1. The van der Waals surface area contributed by atoms with Gasteiger partial charge in [-0.25, -0.2) is 19.6 Å². The molecule has 0 saturated heterocycles. The molecule has 1 aromatic heterocycles. The summed E-state index contributed by atoms with van der Waals surface area (Å²) in [5.41, 5.74) is 2.98. The van der Waals surface area contributed by atoms with Crippen molar-refractivity contribution in [3.8, 4) is 0 Å². The van der Waals surface area contributed by atoms with Gasteiger partial charge in [0.15, 0.2) is 5.16 Å². The van der Waals surface area contributed by atoms with E-state index in [1.807, 2.05) is 50.2 Å². The lowest BCUT2D eigenvalue weighted by molar-refractivity contribution is -0.141. The van der Waals surface area contributed by atoms with Crippen molar-refractivity contribution < 1.29 is 23.9 Å². The van der Waals surface area contributed by atoms with E-state index < -0.39 is 18.0 Å². The standard InChI is InChI=1S/C24H26N4O5S/c1-14-11-15(2)26-23(25-14)34-13-19(29)33-12-18-20(22(30)32-3)21(16-7-5-4-6-8-16)27-24(31)28(18)17-9-10-17/h4-8,11,17,21H,9-10,12-13H2,1-3H3,(H,27,31)/t21-/m1/s1. The van der Waals surface area contributed by atoms with Crippen LogP contribution < -0.4 is 5.32 Å². The highest BCUT2D eigenvalue weighted by molar-refractivity contribution is 7.99. The number of aromatic nitrogens is 2. The Morgan fingerprint density at radius 3 is 2.44 bits per heavy atom. The number of thioether (sulfide) groups is 1. The van der Waals surface area contributed by atoms with Gasteiger partial charge in [0.25, 0.3) is 0 Å². The Bertz CT molecular complexity index is 1110. The summed E-state index contributed by atoms with van der Waals surface area (Å²) in [6.07, 6.45) is 1.63. The molecule has 0 unspecified atom stereocenters. The van der Waals surface area contributed by atoms with Gasteiger partial charge < -0.3 is 14.8 Å². The van der Waals surface area contributed by atoms with Crippen LogP contribution in [0.2, 0.25) is 0 Å². The number of methoxy groups -OCH3 is 1. The highest BCUT2D eigenvalue weighted by Crippen LogP contribution is 2.38. The van der Waals surface area contributed by atoms with Crippen LogP contribution in [-0.4, -0.2) is 58.3 Å². The van der Waals surface area contributed by atoms with Crippen LogP contribution >= 0.6 is 11.8 Å². The number of rotatable bonds is 8. The maximum absolute atomic E-state index is 13.0. The SMILES string of the molecule is COC(=O)C1=C(COC(=O)CSc2nc(C)cc(C)n2)N(C2CC2)C(=O)N[C@@H]1c1ccccc1. The Kier molecular flexibility index (Phi) is 7.16. The van der Waals surface area contributed by atoms with Crippen LogP contribution in [0.3, 0.4) is 0 Å². The van der Waals surface area contributed by atoms with E-state index in [-0.39, 0.29) is 30.0 Å². The van der Waals surface area contributed by atoms with Crippen molar-refractivity contribution in [1.82, 2.24) is 20.2 Å². The first kappa shape index (κ1) is 23.7. The first-order valence-corrected chi connectivity index (χ1v) is 11.9. The molecule has 1 atom stereocenters. The number of benzene rings is 1. The number of carbonyl (C=O) groups is 3. The molecule has 2 amide bonds. The van der Waals surface area contributed by atoms with Gasteiger partial charge >= 0.3 is 18.0 Å². The van der Waals surface area contributed by atoms with E-state index in [0.29, 0.717) is 10.9 Å². The van der Waals surface area contributed by atoms with Crippen LogP contribution in [0.25, 0.3) is 0 Å². The largest absolute Gasteiger partial charge is 0.466 e. The lowest BCUT2D eigenvalue weighted by Gasteiger charge is -2.36. The predicted molar refractivity (Wildman–Crippen MR) is 125 cm³/mol. The van der Waals surface area contributed by atoms with Gasteiger partial charge in [-0.05, 0) is 38.3 Å². The van der Waals surface area contributed by atoms with Crippen molar-refractivity contribution >= 4 is 29.7 Å². The molecule has 1 N–H and O–H groups in total. The summed E-state index contributed by atoms with van der Waals surface area (Å²) in [5, 5.41) is 3.40. The molecule has 1 fully saturated rings. The number of esters is 2. The Balaban J connectivity index is 1.57. The smallest absolute Gasteiger partial charge is 0.338 e. The summed E-state index contributed by atoms with van der Waals surface area (Å²) in [6, 6.07) is 9.94. The number of amides is 2. The summed E-state index contributed by atoms with van der Waals surface area (Å²) in [5.74, 6) is -1.08. The molecule has 1 saturated carbocycles. The second kappa shape index (κ2) is 10.3. The fraction of sp³-hybridized carbons (Fsp3) is 0.375. The van der Waals surface area contributed by atoms with Gasteiger partial charge in [0.1, 0.15) is 6.61 Å². The van der Waals surface area contributed by atoms with Crippen LogP contribution in [0.5, 0.6) is 0 Å². The number of aryl methyl sites for hydroxylation is 2. The quantitative estimate of drug-likeness (QED) is 0.347. The molecule has 34 heavy (non-hydrogen) atoms. The van der Waals surface area contributed by atoms with E-state index >= 15 is 0 Å². The van der Waals surface area contributed by atoms with E-state index in [0.717, 1.165) is 29.8 Å². The number of ether oxygens (including phenoxy) is 2. The van der Waals surface area contributed by atoms with Gasteiger partial charge in [0.05, 0.1) is 30.2 Å². The first-order chi connectivity index (χ1) is 16.4. The molecule has 10 heteroatoms. The Hall–Kier alpha value is -3.40. The topological polar surface area (TPSA) is 111 Å². The third-order valence-electron chi connectivity index (χ3n) is 5.48. The average Bonchev–Trinajstić information content (AvgIpc) is 3.65. The molecule has 0 radical (unpaired) electrons. The Morgan fingerprint density at radius 1 is 1.15 bits per heavy atom. The third-order valence-corrected chi connectivity index (χ3v) is 6.30. The second-order valence-corrected chi connectivity index (χ2v) is 9.07. The highest BCUT2D eigenvalue weighted by Gasteiger charge is 2.44. The third kappa shape index (κ3) is 5.39. The molecule has 2 aromatic rings. The lowest BCUT2D eigenvalue weighted by Crippen LogP contribution is -2.50. The van der Waals surface area contributed by atoms with Crippen molar-refractivity contribution in [3.05, 3.63) is 64.6 Å². The Labute approximate surface area is 201 Å². The number of hydrogen-bond acceptors (Lipinski definition) is 8. The van der Waals surface area contributed by atoms with E-state index in [1.165, 1.54) is 23.8 Å². The van der Waals surface area contributed by atoms with Gasteiger partial charge in [-0.3, -0.25) is 9.69 Å². The van der Waals surface area contributed by atoms with Gasteiger partial charge in [-0.1, -0.05) is 42.1 Å². The molecule has 0 bridgehead atoms. The molecule has 1 aliphatic heterocycles. The van der Waals surface area contributed by atoms with Crippen LogP contribution in [0.4, 0.5) is 4.79 Å². The molecule has 4 rings (SSSR count). The summed E-state index contributed by atoms with van der Waals surface area (Å²) in [6.45, 7) is 3.51. The molecular formula is C24H26N4O5S. The zero-order valence-electron chi connectivity index (χ0n) is 19.2. The number of nitrogens with zero attached hydrogens (tertiary/aromatic N) is 3. The minimum Gasteiger partial charge on any atom is -0.466 e. The molecule has 2 heterocycles. The molecule has 0 spiro atoms. The Morgan fingerprint density at radius 2 is 1.82 bits per heavy atom. The van der Waals surface area contributed by atoms with Gasteiger partial charge in [-0.2, -0.15) is 0 Å². The van der Waals surface area contributed by atoms with Crippen LogP contribution in [-0.2, 0) is 19.1 Å². The lowest BCUT2D eigenvalue weighted by atomic mass is 9.94. The maximum atomic E-state index is 13.0. The van der Waals surface area contributed by atoms with Crippen molar-refractivity contribution in [3.63, 3.8) is 0 Å². The van der Waals surface area contributed by atoms with Crippen molar-refractivity contribution in [2.45, 2.75) is 43.9 Å². The maximum Gasteiger partial charge on any atom is 0.338 e. The number of nitrogens with one attached hydrogen (secondary N) is 1. The summed E-state index contributed by atoms with van der Waals surface area (Å²) in [4.78, 5) is 48.6. The van der Waals surface area contributed by atoms with Crippen molar-refractivity contribution in [2.75, 3.05) is 19.5 Å². The predicted octanol–water partition coefficient (Wildman–Crippen LogP) is 3.08. The minimum atomic E-state index is -0.706. The van der Waals surface area contributed by atoms with E-state index in [9.17, 15) is 14.4 Å². The monoisotopic (exact) mass is 482 g/mol. The van der Waals surface area contributed by atoms with Crippen molar-refractivity contribution in [2.24, 2.45) is 0 Å². The van der Waals surface area contributed by atoms with Crippen LogP contribution in [0.15, 0.2) is 52.8 Å². The normalized spacial score (nSPS) is 17.9. The van der Waals surface area contributed by atoms with E-state index in [2.05, 4.69) is 15.3 Å². The summed E-state index contributed by atoms with van der Waals surface area (Å²) in [7, 11) is 1.29. The molecule has 9 nitrogen and oxygen atoms in total. The second-order valence-electron chi connectivity index (χ2n) is 8.13. The molecule has 2 aliphatic rings. The van der Waals surface area contributed by atoms with E-state index in [4.69, 9.17) is 9.47 Å². The molecule has 1 aromatic carbocycles. The van der Waals surface area contributed by atoms with E-state index in [1.54, 1.807) is 0 Å². The fourth-order valence-corrected chi connectivity index (χ4v) is 4.61. The van der Waals surface area contributed by atoms with Crippen LogP contribution in [0.1, 0.15) is 35.8 Å². The zero-order valence-corrected chi connectivity index (χ0v) is 20.1.